The summed E-state index contributed by atoms with van der Waals surface area (Å²) in [5.41, 5.74) is 6.74. The smallest absolute Gasteiger partial charge is 0.257 e. The van der Waals surface area contributed by atoms with E-state index in [9.17, 15) is 9.59 Å². The van der Waals surface area contributed by atoms with Crippen molar-refractivity contribution in [1.82, 2.24) is 4.90 Å². The molecule has 0 aliphatic rings. The number of nitrogens with zero attached hydrogens (tertiary/aromatic N) is 1. The van der Waals surface area contributed by atoms with Crippen molar-refractivity contribution in [2.45, 2.75) is 26.8 Å². The Balaban J connectivity index is 2.29. The van der Waals surface area contributed by atoms with Gasteiger partial charge in [-0.05, 0) is 29.7 Å². The van der Waals surface area contributed by atoms with Crippen molar-refractivity contribution in [2.75, 3.05) is 13.2 Å². The monoisotopic (exact) mass is 432 g/mol. The molecule has 0 fully saturated rings. The fourth-order valence-corrected chi connectivity index (χ4v) is 2.88. The maximum atomic E-state index is 13.3. The van der Waals surface area contributed by atoms with Crippen LogP contribution in [0.2, 0.25) is 0 Å². The molecule has 0 saturated carbocycles. The van der Waals surface area contributed by atoms with Gasteiger partial charge in [0.2, 0.25) is 5.91 Å². The van der Waals surface area contributed by atoms with Gasteiger partial charge in [-0.15, -0.1) is 0 Å². The fraction of sp³-hybridized carbons (Fsp3) is 0.333. The largest absolute Gasteiger partial charge is 0.492 e. The average molecular weight is 433 g/mol. The average Bonchev–Trinajstić information content (AvgIpc) is 2.64. The summed E-state index contributed by atoms with van der Waals surface area (Å²) in [6.45, 7) is 5.26. The van der Waals surface area contributed by atoms with Crippen LogP contribution in [-0.2, 0) is 11.3 Å². The number of hydrogen-bond donors (Lipinski definition) is 1. The highest BCUT2D eigenvalue weighted by atomic mass is 79.9. The molecule has 0 unspecified atom stereocenters. The predicted molar refractivity (Wildman–Crippen MR) is 109 cm³/mol. The molecule has 144 valence electrons. The Morgan fingerprint density at radius 1 is 1.15 bits per heavy atom. The van der Waals surface area contributed by atoms with E-state index in [2.05, 4.69) is 29.8 Å². The molecular weight excluding hydrogens is 408 g/mol. The van der Waals surface area contributed by atoms with Crippen LogP contribution >= 0.6 is 15.9 Å². The third-order valence-corrected chi connectivity index (χ3v) is 4.37. The SMILES string of the molecule is CC(C)COc1ccc(Br)cc1C(=O)N(CCC(N)=O)Cc1ccccc1. The Labute approximate surface area is 168 Å². The van der Waals surface area contributed by atoms with Crippen molar-refractivity contribution in [2.24, 2.45) is 11.7 Å². The first-order chi connectivity index (χ1) is 12.9. The molecule has 0 radical (unpaired) electrons. The minimum Gasteiger partial charge on any atom is -0.492 e. The van der Waals surface area contributed by atoms with Crippen LogP contribution in [0.5, 0.6) is 5.75 Å². The van der Waals surface area contributed by atoms with E-state index in [0.29, 0.717) is 30.4 Å². The number of carbonyl (C=O) groups is 2. The van der Waals surface area contributed by atoms with Crippen LogP contribution in [0.4, 0.5) is 0 Å². The molecular formula is C21H25BrN2O3. The van der Waals surface area contributed by atoms with Crippen LogP contribution in [0, 0.1) is 5.92 Å². The van der Waals surface area contributed by atoms with Gasteiger partial charge >= 0.3 is 0 Å². The molecule has 0 atom stereocenters. The van der Waals surface area contributed by atoms with Crippen LogP contribution < -0.4 is 10.5 Å². The van der Waals surface area contributed by atoms with Crippen molar-refractivity contribution < 1.29 is 14.3 Å². The molecule has 2 amide bonds. The topological polar surface area (TPSA) is 72.6 Å². The molecule has 2 aromatic carbocycles. The highest BCUT2D eigenvalue weighted by molar-refractivity contribution is 9.10. The van der Waals surface area contributed by atoms with Crippen molar-refractivity contribution >= 4 is 27.7 Å². The molecule has 0 heterocycles. The number of ether oxygens (including phenoxy) is 1. The van der Waals surface area contributed by atoms with Gasteiger partial charge in [-0.2, -0.15) is 0 Å². The first kappa shape index (κ1) is 21.0. The Morgan fingerprint density at radius 3 is 2.48 bits per heavy atom. The Kier molecular flexibility index (Phi) is 7.85. The second-order valence-electron chi connectivity index (χ2n) is 6.77. The molecule has 2 N–H and O–H groups in total. The third kappa shape index (κ3) is 6.71. The zero-order chi connectivity index (χ0) is 19.8. The van der Waals surface area contributed by atoms with Gasteiger partial charge in [-0.25, -0.2) is 0 Å². The molecule has 2 aromatic rings. The third-order valence-electron chi connectivity index (χ3n) is 3.88. The summed E-state index contributed by atoms with van der Waals surface area (Å²) in [6, 6.07) is 15.0. The van der Waals surface area contributed by atoms with Crippen molar-refractivity contribution in [3.8, 4) is 5.75 Å². The number of nitrogens with two attached hydrogens (primary N) is 1. The maximum Gasteiger partial charge on any atom is 0.257 e. The van der Waals surface area contributed by atoms with Crippen molar-refractivity contribution in [1.29, 1.82) is 0 Å². The number of amides is 2. The van der Waals surface area contributed by atoms with Gasteiger partial charge in [0, 0.05) is 24.0 Å². The Morgan fingerprint density at radius 2 is 1.85 bits per heavy atom. The Hall–Kier alpha value is -2.34. The second kappa shape index (κ2) is 10.1. The maximum absolute atomic E-state index is 13.3. The number of hydrogen-bond acceptors (Lipinski definition) is 3. The standard InChI is InChI=1S/C21H25BrN2O3/c1-15(2)14-27-19-9-8-17(22)12-18(19)21(26)24(11-10-20(23)25)13-16-6-4-3-5-7-16/h3-9,12,15H,10-11,13-14H2,1-2H3,(H2,23,25). The molecule has 6 heteroatoms. The normalized spacial score (nSPS) is 10.7. The summed E-state index contributed by atoms with van der Waals surface area (Å²) in [7, 11) is 0. The molecule has 0 spiro atoms. The molecule has 0 aliphatic carbocycles. The number of carbonyl (C=O) groups excluding carboxylic acids is 2. The van der Waals surface area contributed by atoms with E-state index in [0.717, 1.165) is 10.0 Å². The minimum atomic E-state index is -0.439. The summed E-state index contributed by atoms with van der Waals surface area (Å²) in [4.78, 5) is 26.1. The van der Waals surface area contributed by atoms with E-state index in [4.69, 9.17) is 10.5 Å². The van der Waals surface area contributed by atoms with Gasteiger partial charge in [0.25, 0.3) is 5.91 Å². The van der Waals surface area contributed by atoms with Crippen LogP contribution in [0.15, 0.2) is 53.0 Å². The summed E-state index contributed by atoms with van der Waals surface area (Å²) in [5, 5.41) is 0. The number of benzene rings is 2. The van der Waals surface area contributed by atoms with E-state index < -0.39 is 5.91 Å². The van der Waals surface area contributed by atoms with Gasteiger partial charge in [-0.1, -0.05) is 60.1 Å². The molecule has 0 saturated heterocycles. The molecule has 0 bridgehead atoms. The summed E-state index contributed by atoms with van der Waals surface area (Å²) < 4.78 is 6.63. The van der Waals surface area contributed by atoms with Crippen LogP contribution in [0.25, 0.3) is 0 Å². The van der Waals surface area contributed by atoms with E-state index in [1.54, 1.807) is 17.0 Å². The first-order valence-electron chi connectivity index (χ1n) is 8.90. The lowest BCUT2D eigenvalue weighted by Gasteiger charge is -2.24. The zero-order valence-corrected chi connectivity index (χ0v) is 17.2. The van der Waals surface area contributed by atoms with Crippen LogP contribution in [0.1, 0.15) is 36.2 Å². The van der Waals surface area contributed by atoms with Crippen molar-refractivity contribution in [3.63, 3.8) is 0 Å². The quantitative estimate of drug-likeness (QED) is 0.650. The van der Waals surface area contributed by atoms with E-state index >= 15 is 0 Å². The summed E-state index contributed by atoms with van der Waals surface area (Å²) in [6.07, 6.45) is 0.106. The van der Waals surface area contributed by atoms with Gasteiger partial charge < -0.3 is 15.4 Å². The van der Waals surface area contributed by atoms with E-state index in [1.165, 1.54) is 0 Å². The fourth-order valence-electron chi connectivity index (χ4n) is 2.52. The zero-order valence-electron chi connectivity index (χ0n) is 15.7. The van der Waals surface area contributed by atoms with Crippen LogP contribution in [0.3, 0.4) is 0 Å². The van der Waals surface area contributed by atoms with Crippen molar-refractivity contribution in [3.05, 3.63) is 64.1 Å². The summed E-state index contributed by atoms with van der Waals surface area (Å²) in [5.74, 6) is 0.243. The van der Waals surface area contributed by atoms with Crippen LogP contribution in [-0.4, -0.2) is 29.9 Å². The lowest BCUT2D eigenvalue weighted by atomic mass is 10.1. The molecule has 5 nitrogen and oxygen atoms in total. The first-order valence-corrected chi connectivity index (χ1v) is 9.70. The minimum absolute atomic E-state index is 0.106. The molecule has 0 aliphatic heterocycles. The second-order valence-corrected chi connectivity index (χ2v) is 7.69. The van der Waals surface area contributed by atoms with Gasteiger partial charge in [-0.3, -0.25) is 9.59 Å². The summed E-state index contributed by atoms with van der Waals surface area (Å²) >= 11 is 3.42. The number of rotatable bonds is 9. The molecule has 2 rings (SSSR count). The van der Waals surface area contributed by atoms with Gasteiger partial charge in [0.05, 0.1) is 12.2 Å². The molecule has 27 heavy (non-hydrogen) atoms. The van der Waals surface area contributed by atoms with E-state index in [1.807, 2.05) is 36.4 Å². The Bertz CT molecular complexity index is 778. The lowest BCUT2D eigenvalue weighted by Crippen LogP contribution is -2.34. The number of primary amides is 1. The number of halogens is 1. The highest BCUT2D eigenvalue weighted by Crippen LogP contribution is 2.26. The predicted octanol–water partition coefficient (Wildman–Crippen LogP) is 4.00. The van der Waals surface area contributed by atoms with E-state index in [-0.39, 0.29) is 18.9 Å². The molecule has 0 aromatic heterocycles. The van der Waals surface area contributed by atoms with Gasteiger partial charge in [0.15, 0.2) is 0 Å². The highest BCUT2D eigenvalue weighted by Gasteiger charge is 2.21. The van der Waals surface area contributed by atoms with Gasteiger partial charge in [0.1, 0.15) is 5.75 Å². The lowest BCUT2D eigenvalue weighted by molar-refractivity contribution is -0.118.